The number of nitro groups is 1. The Bertz CT molecular complexity index is 909. The first-order valence-electron chi connectivity index (χ1n) is 7.54. The van der Waals surface area contributed by atoms with Gasteiger partial charge in [0.2, 0.25) is 0 Å². The van der Waals surface area contributed by atoms with Crippen LogP contribution in [-0.4, -0.2) is 26.6 Å². The molecule has 1 aliphatic heterocycles. The molecule has 0 saturated heterocycles. The van der Waals surface area contributed by atoms with E-state index in [1.807, 2.05) is 6.92 Å². The highest BCUT2D eigenvalue weighted by Crippen LogP contribution is 2.39. The van der Waals surface area contributed by atoms with E-state index in [9.17, 15) is 18.5 Å². The van der Waals surface area contributed by atoms with Crippen molar-refractivity contribution in [1.29, 1.82) is 0 Å². The smallest absolute Gasteiger partial charge is 0.297 e. The van der Waals surface area contributed by atoms with E-state index in [-0.39, 0.29) is 22.1 Å². The zero-order valence-electron chi connectivity index (χ0n) is 13.4. The normalized spacial score (nSPS) is 13.8. The quantitative estimate of drug-likeness (QED) is 0.660. The van der Waals surface area contributed by atoms with Gasteiger partial charge in [-0.15, -0.1) is 0 Å². The molecule has 1 aliphatic rings. The standard InChI is InChI=1S/C16H16N2O6S/c1-11-3-5-12(6-4-11)25(21,22)17-13-9-15-16(10-14(13)18(19)20)24-8-2-7-23-15/h3-6,9-10,17H,2,7-8H2,1H3. The van der Waals surface area contributed by atoms with Gasteiger partial charge in [0, 0.05) is 12.5 Å². The van der Waals surface area contributed by atoms with Gasteiger partial charge < -0.3 is 9.47 Å². The number of benzene rings is 2. The maximum Gasteiger partial charge on any atom is 0.297 e. The minimum absolute atomic E-state index is 0.0134. The minimum atomic E-state index is -3.97. The Morgan fingerprint density at radius 3 is 2.28 bits per heavy atom. The van der Waals surface area contributed by atoms with Gasteiger partial charge in [-0.3, -0.25) is 14.8 Å². The van der Waals surface area contributed by atoms with E-state index in [4.69, 9.17) is 9.47 Å². The lowest BCUT2D eigenvalue weighted by molar-refractivity contribution is -0.384. The maximum atomic E-state index is 12.5. The Morgan fingerprint density at radius 1 is 1.08 bits per heavy atom. The van der Waals surface area contributed by atoms with Gasteiger partial charge in [0.15, 0.2) is 11.5 Å². The molecule has 2 aromatic rings. The monoisotopic (exact) mass is 364 g/mol. The fraction of sp³-hybridized carbons (Fsp3) is 0.250. The Balaban J connectivity index is 2.02. The van der Waals surface area contributed by atoms with E-state index in [2.05, 4.69) is 4.72 Å². The molecule has 0 amide bonds. The summed E-state index contributed by atoms with van der Waals surface area (Å²) in [6, 6.07) is 8.63. The van der Waals surface area contributed by atoms with Crippen LogP contribution in [0.4, 0.5) is 11.4 Å². The van der Waals surface area contributed by atoms with Gasteiger partial charge in [0.25, 0.3) is 15.7 Å². The molecule has 0 saturated carbocycles. The Labute approximate surface area is 144 Å². The number of nitrogens with one attached hydrogen (secondary N) is 1. The second-order valence-corrected chi connectivity index (χ2v) is 7.22. The van der Waals surface area contributed by atoms with Crippen molar-refractivity contribution >= 4 is 21.4 Å². The number of hydrogen-bond acceptors (Lipinski definition) is 6. The number of nitro benzene ring substituents is 1. The third kappa shape index (κ3) is 3.66. The molecule has 25 heavy (non-hydrogen) atoms. The molecule has 0 radical (unpaired) electrons. The zero-order chi connectivity index (χ0) is 18.0. The summed E-state index contributed by atoms with van der Waals surface area (Å²) in [5, 5.41) is 11.3. The third-order valence-corrected chi connectivity index (χ3v) is 5.02. The molecule has 0 aliphatic carbocycles. The Hall–Kier alpha value is -2.81. The van der Waals surface area contributed by atoms with E-state index in [1.165, 1.54) is 24.3 Å². The number of ether oxygens (including phenoxy) is 2. The van der Waals surface area contributed by atoms with Crippen LogP contribution in [0.15, 0.2) is 41.3 Å². The van der Waals surface area contributed by atoms with Gasteiger partial charge >= 0.3 is 0 Å². The van der Waals surface area contributed by atoms with Gasteiger partial charge in [-0.25, -0.2) is 8.42 Å². The van der Waals surface area contributed by atoms with Crippen LogP contribution in [0.2, 0.25) is 0 Å². The number of anilines is 1. The summed E-state index contributed by atoms with van der Waals surface area (Å²) >= 11 is 0. The second-order valence-electron chi connectivity index (χ2n) is 5.54. The predicted molar refractivity (Wildman–Crippen MR) is 90.7 cm³/mol. The molecule has 0 unspecified atom stereocenters. The van der Waals surface area contributed by atoms with Crippen LogP contribution in [0, 0.1) is 17.0 Å². The Morgan fingerprint density at radius 2 is 1.68 bits per heavy atom. The molecule has 3 rings (SSSR count). The number of sulfonamides is 1. The summed E-state index contributed by atoms with van der Waals surface area (Å²) < 4.78 is 38.2. The molecule has 132 valence electrons. The first-order chi connectivity index (χ1) is 11.9. The van der Waals surface area contributed by atoms with Crippen molar-refractivity contribution < 1.29 is 22.8 Å². The van der Waals surface area contributed by atoms with E-state index in [1.54, 1.807) is 12.1 Å². The van der Waals surface area contributed by atoms with Crippen LogP contribution >= 0.6 is 0 Å². The van der Waals surface area contributed by atoms with Gasteiger partial charge in [0.1, 0.15) is 5.69 Å². The molecule has 0 fully saturated rings. The Kier molecular flexibility index (Phi) is 4.49. The van der Waals surface area contributed by atoms with Crippen molar-refractivity contribution in [3.63, 3.8) is 0 Å². The highest BCUT2D eigenvalue weighted by Gasteiger charge is 2.25. The summed E-state index contributed by atoms with van der Waals surface area (Å²) in [5.41, 5.74) is 0.329. The minimum Gasteiger partial charge on any atom is -0.489 e. The van der Waals surface area contributed by atoms with E-state index >= 15 is 0 Å². The molecule has 8 nitrogen and oxygen atoms in total. The van der Waals surface area contributed by atoms with Gasteiger partial charge in [-0.2, -0.15) is 0 Å². The lowest BCUT2D eigenvalue weighted by Gasteiger charge is -2.12. The number of hydrogen-bond donors (Lipinski definition) is 1. The van der Waals surface area contributed by atoms with Crippen molar-refractivity contribution in [1.82, 2.24) is 0 Å². The molecular weight excluding hydrogens is 348 g/mol. The van der Waals surface area contributed by atoms with Crippen LogP contribution in [0.5, 0.6) is 11.5 Å². The number of rotatable bonds is 4. The van der Waals surface area contributed by atoms with E-state index in [0.29, 0.717) is 19.6 Å². The van der Waals surface area contributed by atoms with Crippen molar-refractivity contribution in [3.8, 4) is 11.5 Å². The van der Waals surface area contributed by atoms with E-state index in [0.717, 1.165) is 5.56 Å². The molecule has 1 N–H and O–H groups in total. The van der Waals surface area contributed by atoms with Crippen LogP contribution < -0.4 is 14.2 Å². The fourth-order valence-corrected chi connectivity index (χ4v) is 3.42. The second kappa shape index (κ2) is 6.60. The first kappa shape index (κ1) is 17.0. The van der Waals surface area contributed by atoms with E-state index < -0.39 is 20.6 Å². The van der Waals surface area contributed by atoms with Crippen molar-refractivity contribution in [2.24, 2.45) is 0 Å². The summed E-state index contributed by atoms with van der Waals surface area (Å²) in [4.78, 5) is 10.7. The molecule has 0 bridgehead atoms. The number of fused-ring (bicyclic) bond motifs is 1. The summed E-state index contributed by atoms with van der Waals surface area (Å²) in [5.74, 6) is 0.493. The molecule has 0 aromatic heterocycles. The molecule has 0 spiro atoms. The van der Waals surface area contributed by atoms with Crippen LogP contribution in [-0.2, 0) is 10.0 Å². The third-order valence-electron chi connectivity index (χ3n) is 3.64. The lowest BCUT2D eigenvalue weighted by Crippen LogP contribution is -2.14. The lowest BCUT2D eigenvalue weighted by atomic mass is 10.2. The summed E-state index contributed by atoms with van der Waals surface area (Å²) in [7, 11) is -3.97. The summed E-state index contributed by atoms with van der Waals surface area (Å²) in [6.07, 6.45) is 0.632. The topological polar surface area (TPSA) is 108 Å². The molecule has 2 aromatic carbocycles. The van der Waals surface area contributed by atoms with Crippen LogP contribution in [0.25, 0.3) is 0 Å². The zero-order valence-corrected chi connectivity index (χ0v) is 14.2. The average molecular weight is 364 g/mol. The first-order valence-corrected chi connectivity index (χ1v) is 9.03. The summed E-state index contributed by atoms with van der Waals surface area (Å²) in [6.45, 7) is 2.59. The average Bonchev–Trinajstić information content (AvgIpc) is 2.78. The molecule has 9 heteroatoms. The maximum absolute atomic E-state index is 12.5. The van der Waals surface area contributed by atoms with Gasteiger partial charge in [0.05, 0.1) is 29.1 Å². The van der Waals surface area contributed by atoms with Crippen LogP contribution in [0.3, 0.4) is 0 Å². The number of nitrogens with zero attached hydrogens (tertiary/aromatic N) is 1. The molecule has 1 heterocycles. The number of aryl methyl sites for hydroxylation is 1. The van der Waals surface area contributed by atoms with Crippen LogP contribution in [0.1, 0.15) is 12.0 Å². The largest absolute Gasteiger partial charge is 0.489 e. The predicted octanol–water partition coefficient (Wildman–Crippen LogP) is 2.87. The molecule has 0 atom stereocenters. The van der Waals surface area contributed by atoms with Crippen molar-refractivity contribution in [2.45, 2.75) is 18.2 Å². The highest BCUT2D eigenvalue weighted by molar-refractivity contribution is 7.92. The van der Waals surface area contributed by atoms with Gasteiger partial charge in [-0.05, 0) is 19.1 Å². The van der Waals surface area contributed by atoms with Gasteiger partial charge in [-0.1, -0.05) is 17.7 Å². The van der Waals surface area contributed by atoms with Crippen molar-refractivity contribution in [2.75, 3.05) is 17.9 Å². The fourth-order valence-electron chi connectivity index (χ4n) is 2.35. The molecular formula is C16H16N2O6S. The SMILES string of the molecule is Cc1ccc(S(=O)(=O)Nc2cc3c(cc2[N+](=O)[O-])OCCCO3)cc1. The highest BCUT2D eigenvalue weighted by atomic mass is 32.2. The van der Waals surface area contributed by atoms with Crippen molar-refractivity contribution in [3.05, 3.63) is 52.1 Å².